The zero-order chi connectivity index (χ0) is 19.4. The Balaban J connectivity index is 2.11. The predicted octanol–water partition coefficient (Wildman–Crippen LogP) is 3.75. The maximum absolute atomic E-state index is 12.1. The highest BCUT2D eigenvalue weighted by Crippen LogP contribution is 2.43. The van der Waals surface area contributed by atoms with Crippen LogP contribution in [0.2, 0.25) is 0 Å². The average molecular weight is 367 g/mol. The fourth-order valence-electron chi connectivity index (χ4n) is 3.78. The molecule has 0 bridgehead atoms. The summed E-state index contributed by atoms with van der Waals surface area (Å²) in [5.41, 5.74) is 1.95. The lowest BCUT2D eigenvalue weighted by Gasteiger charge is -2.32. The summed E-state index contributed by atoms with van der Waals surface area (Å²) in [6.45, 7) is 0. The number of allylic oxidation sites excluding steroid dienone is 1. The average Bonchev–Trinajstić information content (AvgIpc) is 2.72. The minimum absolute atomic E-state index is 0.273. The molecule has 3 rings (SSSR count). The van der Waals surface area contributed by atoms with Crippen molar-refractivity contribution in [3.05, 3.63) is 81.4 Å². The van der Waals surface area contributed by atoms with E-state index >= 15 is 0 Å². The van der Waals surface area contributed by atoms with Gasteiger partial charge < -0.3 is 9.47 Å². The van der Waals surface area contributed by atoms with Gasteiger partial charge in [-0.1, -0.05) is 30.3 Å². The smallest absolute Gasteiger partial charge is 0.231 e. The number of nitro groups is 1. The predicted molar refractivity (Wildman–Crippen MR) is 101 cm³/mol. The third-order valence-corrected chi connectivity index (χ3v) is 5.07. The van der Waals surface area contributed by atoms with Crippen LogP contribution in [0.4, 0.5) is 0 Å². The lowest BCUT2D eigenvalue weighted by molar-refractivity contribution is -0.530. The Morgan fingerprint density at radius 1 is 1.04 bits per heavy atom. The number of carbonyl (C=O) groups is 1. The molecule has 0 radical (unpaired) electrons. The molecule has 2 aromatic rings. The van der Waals surface area contributed by atoms with E-state index in [1.54, 1.807) is 50.6 Å². The fraction of sp³-hybridized carbons (Fsp3) is 0.286. The van der Waals surface area contributed by atoms with E-state index in [0.717, 1.165) is 11.8 Å². The number of methoxy groups -OCH3 is 2. The van der Waals surface area contributed by atoms with Crippen LogP contribution in [0.3, 0.4) is 0 Å². The van der Waals surface area contributed by atoms with Crippen molar-refractivity contribution >= 4 is 6.29 Å². The summed E-state index contributed by atoms with van der Waals surface area (Å²) >= 11 is 0. The first kappa shape index (κ1) is 18.6. The summed E-state index contributed by atoms with van der Waals surface area (Å²) in [4.78, 5) is 23.5. The van der Waals surface area contributed by atoms with Gasteiger partial charge >= 0.3 is 0 Å². The van der Waals surface area contributed by atoms with E-state index in [2.05, 4.69) is 0 Å². The summed E-state index contributed by atoms with van der Waals surface area (Å²) in [7, 11) is 3.11. The van der Waals surface area contributed by atoms with Crippen LogP contribution in [0.25, 0.3) is 0 Å². The van der Waals surface area contributed by atoms with Crippen molar-refractivity contribution in [3.8, 4) is 11.5 Å². The Bertz CT molecular complexity index is 876. The maximum atomic E-state index is 12.1. The molecule has 0 aliphatic heterocycles. The van der Waals surface area contributed by atoms with Gasteiger partial charge in [-0.15, -0.1) is 0 Å². The minimum Gasteiger partial charge on any atom is -0.497 e. The first-order valence-corrected chi connectivity index (χ1v) is 8.65. The molecule has 0 saturated carbocycles. The fourth-order valence-corrected chi connectivity index (χ4v) is 3.78. The summed E-state index contributed by atoms with van der Waals surface area (Å²) in [6.07, 6.45) is 2.96. The first-order chi connectivity index (χ1) is 13.1. The largest absolute Gasteiger partial charge is 0.497 e. The number of rotatable bonds is 6. The molecular formula is C21H21NO5. The molecule has 0 heterocycles. The first-order valence-electron chi connectivity index (χ1n) is 8.65. The van der Waals surface area contributed by atoms with Crippen molar-refractivity contribution in [2.45, 2.75) is 24.3 Å². The van der Waals surface area contributed by atoms with E-state index < -0.39 is 12.0 Å². The SMILES string of the molecule is COc1cccc([C@H]2C(C=O)=CC[C@@H](c3cccc(OC)c3)[C@@H]2[N+](=O)[O-])c1. The van der Waals surface area contributed by atoms with E-state index in [0.29, 0.717) is 29.1 Å². The van der Waals surface area contributed by atoms with Crippen LogP contribution in [0, 0.1) is 10.1 Å². The molecule has 0 amide bonds. The summed E-state index contributed by atoms with van der Waals surface area (Å²) < 4.78 is 10.5. The number of hydrogen-bond acceptors (Lipinski definition) is 5. The monoisotopic (exact) mass is 367 g/mol. The zero-order valence-corrected chi connectivity index (χ0v) is 15.2. The number of hydrogen-bond donors (Lipinski definition) is 0. The molecule has 140 valence electrons. The van der Waals surface area contributed by atoms with Crippen LogP contribution in [-0.2, 0) is 4.79 Å². The normalized spacial score (nSPS) is 21.9. The van der Waals surface area contributed by atoms with Crippen LogP contribution in [0.15, 0.2) is 60.2 Å². The summed E-state index contributed by atoms with van der Waals surface area (Å²) in [6, 6.07) is 13.5. The molecule has 2 aromatic carbocycles. The number of carbonyl (C=O) groups excluding carboxylic acids is 1. The molecule has 1 aliphatic rings. The molecule has 0 aromatic heterocycles. The zero-order valence-electron chi connectivity index (χ0n) is 15.2. The second-order valence-electron chi connectivity index (χ2n) is 6.47. The molecule has 6 heteroatoms. The number of ether oxygens (including phenoxy) is 2. The van der Waals surface area contributed by atoms with E-state index in [4.69, 9.17) is 9.47 Å². The molecular weight excluding hydrogens is 346 g/mol. The topological polar surface area (TPSA) is 78.7 Å². The van der Waals surface area contributed by atoms with Crippen LogP contribution in [-0.4, -0.2) is 31.5 Å². The van der Waals surface area contributed by atoms with E-state index in [1.165, 1.54) is 0 Å². The summed E-state index contributed by atoms with van der Waals surface area (Å²) in [5.74, 6) is 0.244. The minimum atomic E-state index is -0.964. The summed E-state index contributed by atoms with van der Waals surface area (Å²) in [5, 5.41) is 12.1. The van der Waals surface area contributed by atoms with Gasteiger partial charge in [0.05, 0.1) is 26.1 Å². The highest BCUT2D eigenvalue weighted by Gasteiger charge is 2.45. The third kappa shape index (κ3) is 3.69. The van der Waals surface area contributed by atoms with Gasteiger partial charge in [0.25, 0.3) is 0 Å². The van der Waals surface area contributed by atoms with Gasteiger partial charge in [-0.2, -0.15) is 0 Å². The third-order valence-electron chi connectivity index (χ3n) is 5.07. The standard InChI is InChI=1S/C21H21NO5/c1-26-17-7-3-5-14(11-17)19-10-9-16(13-23)20(21(19)22(24)25)15-6-4-8-18(12-15)27-2/h3-9,11-13,19-21H,10H2,1-2H3/t19-,20-,21-/m0/s1. The van der Waals surface area contributed by atoms with Gasteiger partial charge in [0, 0.05) is 10.5 Å². The van der Waals surface area contributed by atoms with Crippen LogP contribution in [0.1, 0.15) is 29.4 Å². The van der Waals surface area contributed by atoms with E-state index in [1.807, 2.05) is 18.2 Å². The van der Waals surface area contributed by atoms with Gasteiger partial charge in [0.2, 0.25) is 6.04 Å². The number of aldehydes is 1. The Morgan fingerprint density at radius 3 is 2.19 bits per heavy atom. The van der Waals surface area contributed by atoms with Crippen molar-refractivity contribution in [2.24, 2.45) is 0 Å². The molecule has 27 heavy (non-hydrogen) atoms. The lowest BCUT2D eigenvalue weighted by atomic mass is 9.71. The van der Waals surface area contributed by atoms with Crippen LogP contribution >= 0.6 is 0 Å². The van der Waals surface area contributed by atoms with Crippen molar-refractivity contribution in [3.63, 3.8) is 0 Å². The van der Waals surface area contributed by atoms with E-state index in [9.17, 15) is 14.9 Å². The van der Waals surface area contributed by atoms with Gasteiger partial charge in [-0.05, 0) is 41.8 Å². The van der Waals surface area contributed by atoms with Crippen LogP contribution < -0.4 is 9.47 Å². The molecule has 0 spiro atoms. The molecule has 6 nitrogen and oxygen atoms in total. The van der Waals surface area contributed by atoms with Gasteiger partial charge in [0.1, 0.15) is 17.8 Å². The molecule has 0 N–H and O–H groups in total. The van der Waals surface area contributed by atoms with Gasteiger partial charge in [-0.3, -0.25) is 14.9 Å². The van der Waals surface area contributed by atoms with Crippen molar-refractivity contribution in [2.75, 3.05) is 14.2 Å². The second-order valence-corrected chi connectivity index (χ2v) is 6.47. The molecule has 0 unspecified atom stereocenters. The molecule has 1 aliphatic carbocycles. The maximum Gasteiger partial charge on any atom is 0.231 e. The lowest BCUT2D eigenvalue weighted by Crippen LogP contribution is -2.37. The Morgan fingerprint density at radius 2 is 1.63 bits per heavy atom. The number of benzene rings is 2. The number of nitrogens with zero attached hydrogens (tertiary/aromatic N) is 1. The second kappa shape index (κ2) is 8.03. The molecule has 3 atom stereocenters. The van der Waals surface area contributed by atoms with Gasteiger partial charge in [0.15, 0.2) is 0 Å². The van der Waals surface area contributed by atoms with Crippen molar-refractivity contribution in [1.82, 2.24) is 0 Å². The highest BCUT2D eigenvalue weighted by atomic mass is 16.6. The quantitative estimate of drug-likeness (QED) is 0.441. The Kier molecular flexibility index (Phi) is 5.54. The van der Waals surface area contributed by atoms with Crippen molar-refractivity contribution in [1.29, 1.82) is 0 Å². The van der Waals surface area contributed by atoms with Crippen LogP contribution in [0.5, 0.6) is 11.5 Å². The Labute approximate surface area is 157 Å². The Hall–Kier alpha value is -3.15. The molecule has 0 saturated heterocycles. The highest BCUT2D eigenvalue weighted by molar-refractivity contribution is 5.77. The van der Waals surface area contributed by atoms with Crippen molar-refractivity contribution < 1.29 is 19.2 Å². The van der Waals surface area contributed by atoms with E-state index in [-0.39, 0.29) is 10.8 Å². The van der Waals surface area contributed by atoms with Gasteiger partial charge in [-0.25, -0.2) is 0 Å². The molecule has 0 fully saturated rings.